The van der Waals surface area contributed by atoms with Crippen LogP contribution in [0, 0.1) is 0 Å². The first-order valence-electron chi connectivity index (χ1n) is 15.5. The summed E-state index contributed by atoms with van der Waals surface area (Å²) < 4.78 is 20.6. The van der Waals surface area contributed by atoms with Crippen molar-refractivity contribution in [2.24, 2.45) is 15.1 Å². The molecule has 4 rings (SSSR count). The molecule has 0 bridgehead atoms. The van der Waals surface area contributed by atoms with Crippen LogP contribution in [0.2, 0.25) is 0 Å². The minimum Gasteiger partial charge on any atom is -0.496 e. The van der Waals surface area contributed by atoms with E-state index in [4.69, 9.17) is 23.5 Å². The molecule has 17 heteroatoms. The first kappa shape index (κ1) is 39.1. The van der Waals surface area contributed by atoms with Crippen molar-refractivity contribution in [3.63, 3.8) is 0 Å². The summed E-state index contributed by atoms with van der Waals surface area (Å²) in [6, 6.07) is 3.60. The molecule has 49 heavy (non-hydrogen) atoms. The first-order valence-corrected chi connectivity index (χ1v) is 17.5. The second-order valence-electron chi connectivity index (χ2n) is 10.9. The van der Waals surface area contributed by atoms with Gasteiger partial charge in [-0.05, 0) is 19.8 Å². The van der Waals surface area contributed by atoms with E-state index in [0.29, 0.717) is 63.2 Å². The van der Waals surface area contributed by atoms with Crippen molar-refractivity contribution in [1.82, 2.24) is 10.6 Å². The van der Waals surface area contributed by atoms with Crippen LogP contribution in [0.4, 0.5) is 0 Å². The van der Waals surface area contributed by atoms with Gasteiger partial charge in [0, 0.05) is 30.6 Å². The van der Waals surface area contributed by atoms with Crippen LogP contribution in [-0.2, 0) is 14.4 Å². The van der Waals surface area contributed by atoms with Gasteiger partial charge in [0.1, 0.15) is 50.9 Å². The lowest BCUT2D eigenvalue weighted by molar-refractivity contribution is -0.123. The Bertz CT molecular complexity index is 1700. The number of carbonyl (C=O) groups is 3. The number of amides is 2. The fourth-order valence-corrected chi connectivity index (χ4v) is 6.60. The minimum atomic E-state index is -0.606. The number of rotatable bonds is 14. The predicted octanol–water partition coefficient (Wildman–Crippen LogP) is 3.68. The second-order valence-corrected chi connectivity index (χ2v) is 12.9. The molecular weight excluding hydrogens is 679 g/mol. The second kappa shape index (κ2) is 19.0. The summed E-state index contributed by atoms with van der Waals surface area (Å²) in [6.45, 7) is 6.99. The third-order valence-corrected chi connectivity index (χ3v) is 9.45. The Morgan fingerprint density at radius 1 is 0.837 bits per heavy atom. The fraction of sp³-hybridized carbons (Fsp3) is 0.500. The van der Waals surface area contributed by atoms with Crippen molar-refractivity contribution in [2.75, 3.05) is 25.7 Å². The van der Waals surface area contributed by atoms with E-state index in [9.17, 15) is 24.0 Å². The number of ketones is 1. The lowest BCUT2D eigenvalue weighted by Crippen LogP contribution is -2.37. The third-order valence-electron chi connectivity index (χ3n) is 7.14. The third kappa shape index (κ3) is 11.3. The molecule has 2 aliphatic rings. The van der Waals surface area contributed by atoms with Crippen LogP contribution in [0.3, 0.4) is 0 Å². The SMILES string of the molecule is CCC[C@@H](NC(=O)[C@@H]1CSC(/C(C)=N/O)=N1)c1cc(OC)cc(=O)o1.CCC[C@@H](NC(=O)[C@@H]1CSC(C(C)=O)=N1)c1cc(OC)cc(=O)o1. The molecule has 0 aromatic carbocycles. The number of aliphatic imine (C=N–C) groups is 2. The zero-order valence-corrected chi connectivity index (χ0v) is 29.8. The molecule has 0 spiro atoms. The van der Waals surface area contributed by atoms with E-state index >= 15 is 0 Å². The molecule has 0 unspecified atom stereocenters. The molecule has 4 heterocycles. The van der Waals surface area contributed by atoms with Crippen molar-refractivity contribution < 1.29 is 37.9 Å². The zero-order valence-electron chi connectivity index (χ0n) is 28.1. The standard InChI is InChI=1S/C16H21N3O5S.C16H20N2O5S/c1-4-5-11(13-6-10(23-3)7-14(20)24-13)17-15(21)12-8-25-16(18-12)9(2)19-22;1-4-5-11(13-6-10(22-3)7-14(20)23-13)17-15(21)12-8-24-16(18-12)9(2)19/h6-7,11-12,22H,4-5,8H2,1-3H3,(H,17,21);6-7,11-12H,4-5,8H2,1-3H3,(H,17,21)/b19-9+;/t2*11-,12+/m11/s1. The molecule has 2 amide bonds. The highest BCUT2D eigenvalue weighted by Gasteiger charge is 2.30. The van der Waals surface area contributed by atoms with Gasteiger partial charge in [0.2, 0.25) is 11.8 Å². The van der Waals surface area contributed by atoms with Crippen molar-refractivity contribution >= 4 is 56.9 Å². The summed E-state index contributed by atoms with van der Waals surface area (Å²) in [6.07, 6.45) is 2.78. The highest BCUT2D eigenvalue weighted by atomic mass is 32.2. The van der Waals surface area contributed by atoms with Gasteiger partial charge < -0.3 is 34.1 Å². The van der Waals surface area contributed by atoms with E-state index in [-0.39, 0.29) is 17.6 Å². The molecule has 2 aromatic heterocycles. The van der Waals surface area contributed by atoms with Gasteiger partial charge in [0.25, 0.3) is 0 Å². The van der Waals surface area contributed by atoms with E-state index in [1.807, 2.05) is 13.8 Å². The molecule has 266 valence electrons. The summed E-state index contributed by atoms with van der Waals surface area (Å²) in [7, 11) is 2.92. The summed E-state index contributed by atoms with van der Waals surface area (Å²) in [5.74, 6) is 1.66. The molecule has 4 atom stereocenters. The number of thioether (sulfide) groups is 2. The number of nitrogens with zero attached hydrogens (tertiary/aromatic N) is 3. The van der Waals surface area contributed by atoms with Gasteiger partial charge in [-0.2, -0.15) is 0 Å². The van der Waals surface area contributed by atoms with E-state index < -0.39 is 35.4 Å². The Hall–Kier alpha value is -4.38. The number of methoxy groups -OCH3 is 2. The van der Waals surface area contributed by atoms with Crippen LogP contribution >= 0.6 is 23.5 Å². The Morgan fingerprint density at radius 2 is 1.27 bits per heavy atom. The molecule has 2 aliphatic heterocycles. The Balaban J connectivity index is 0.000000266. The van der Waals surface area contributed by atoms with Crippen molar-refractivity contribution in [3.8, 4) is 11.5 Å². The summed E-state index contributed by atoms with van der Waals surface area (Å²) in [5, 5.41) is 18.6. The number of oxime groups is 1. The number of hydrogen-bond donors (Lipinski definition) is 3. The van der Waals surface area contributed by atoms with Gasteiger partial charge in [0.15, 0.2) is 5.78 Å². The lowest BCUT2D eigenvalue weighted by atomic mass is 10.1. The van der Waals surface area contributed by atoms with Gasteiger partial charge in [-0.25, -0.2) is 9.59 Å². The molecule has 15 nitrogen and oxygen atoms in total. The quantitative estimate of drug-likeness (QED) is 0.145. The van der Waals surface area contributed by atoms with Crippen LogP contribution in [0.1, 0.15) is 77.0 Å². The topological polar surface area (TPSA) is 211 Å². The van der Waals surface area contributed by atoms with E-state index in [1.54, 1.807) is 19.1 Å². The molecule has 0 fully saturated rings. The van der Waals surface area contributed by atoms with E-state index in [2.05, 4.69) is 25.8 Å². The molecule has 0 aliphatic carbocycles. The maximum absolute atomic E-state index is 12.5. The van der Waals surface area contributed by atoms with Gasteiger partial charge in [-0.3, -0.25) is 24.4 Å². The normalized spacial score (nSPS) is 18.3. The van der Waals surface area contributed by atoms with Gasteiger partial charge >= 0.3 is 11.3 Å². The van der Waals surface area contributed by atoms with Crippen LogP contribution in [-0.4, -0.2) is 76.4 Å². The van der Waals surface area contributed by atoms with Crippen molar-refractivity contribution in [3.05, 3.63) is 56.6 Å². The maximum Gasteiger partial charge on any atom is 0.339 e. The Kier molecular flexibility index (Phi) is 15.1. The van der Waals surface area contributed by atoms with Crippen molar-refractivity contribution in [2.45, 2.75) is 77.5 Å². The monoisotopic (exact) mass is 719 g/mol. The van der Waals surface area contributed by atoms with Crippen LogP contribution in [0.25, 0.3) is 0 Å². The van der Waals surface area contributed by atoms with Crippen LogP contribution < -0.4 is 31.4 Å². The largest absolute Gasteiger partial charge is 0.496 e. The number of hydrogen-bond acceptors (Lipinski definition) is 15. The van der Waals surface area contributed by atoms with E-state index in [0.717, 1.165) is 12.8 Å². The van der Waals surface area contributed by atoms with Crippen LogP contribution in [0.5, 0.6) is 11.5 Å². The smallest absolute Gasteiger partial charge is 0.339 e. The molecule has 0 radical (unpaired) electrons. The number of nitrogens with one attached hydrogen (secondary N) is 2. The summed E-state index contributed by atoms with van der Waals surface area (Å²) in [4.78, 5) is 67.9. The van der Waals surface area contributed by atoms with E-state index in [1.165, 1.54) is 56.8 Å². The number of carbonyl (C=O) groups excluding carboxylic acids is 3. The van der Waals surface area contributed by atoms with Crippen molar-refractivity contribution in [1.29, 1.82) is 0 Å². The molecule has 0 saturated heterocycles. The predicted molar refractivity (Wildman–Crippen MR) is 188 cm³/mol. The Morgan fingerprint density at radius 3 is 1.63 bits per heavy atom. The van der Waals surface area contributed by atoms with Crippen LogP contribution in [0.15, 0.2) is 57.8 Å². The zero-order chi connectivity index (χ0) is 36.1. The summed E-state index contributed by atoms with van der Waals surface area (Å²) >= 11 is 2.64. The Labute approximate surface area is 291 Å². The molecule has 3 N–H and O–H groups in total. The van der Waals surface area contributed by atoms with Gasteiger partial charge in [0.05, 0.1) is 38.4 Å². The first-order chi connectivity index (χ1) is 23.4. The highest BCUT2D eigenvalue weighted by Crippen LogP contribution is 2.25. The average Bonchev–Trinajstić information content (AvgIpc) is 3.79. The number of ether oxygens (including phenoxy) is 2. The highest BCUT2D eigenvalue weighted by molar-refractivity contribution is 8.16. The maximum atomic E-state index is 12.5. The lowest BCUT2D eigenvalue weighted by Gasteiger charge is -2.18. The molecule has 0 saturated carbocycles. The minimum absolute atomic E-state index is 0.140. The average molecular weight is 720 g/mol. The van der Waals surface area contributed by atoms with Gasteiger partial charge in [-0.1, -0.05) is 31.8 Å². The molecule has 2 aromatic rings. The molecular formula is C32H41N5O10S2. The van der Waals surface area contributed by atoms with Gasteiger partial charge in [-0.15, -0.1) is 23.5 Å². The fourth-order valence-electron chi connectivity index (χ4n) is 4.66. The summed E-state index contributed by atoms with van der Waals surface area (Å²) in [5.41, 5.74) is -0.687. The number of Topliss-reactive ketones (excluding diaryl/α,β-unsaturated/α-hetero) is 1.